The summed E-state index contributed by atoms with van der Waals surface area (Å²) in [6, 6.07) is 28.4. The molecule has 222 valence electrons. The lowest BCUT2D eigenvalue weighted by molar-refractivity contribution is -0.274. The predicted molar refractivity (Wildman–Crippen MR) is 171 cm³/mol. The monoisotopic (exact) mass is 604 g/mol. The van der Waals surface area contributed by atoms with Gasteiger partial charge in [0, 0.05) is 17.5 Å². The van der Waals surface area contributed by atoms with Crippen LogP contribution >= 0.6 is 11.8 Å². The van der Waals surface area contributed by atoms with Gasteiger partial charge in [0.25, 0.3) is 0 Å². The molecule has 0 aliphatic carbocycles. The third-order valence-electron chi connectivity index (χ3n) is 5.74. The van der Waals surface area contributed by atoms with Crippen LogP contribution in [0, 0.1) is 19.3 Å². The third kappa shape index (κ3) is 11.5. The van der Waals surface area contributed by atoms with Gasteiger partial charge < -0.3 is 21.6 Å². The summed E-state index contributed by atoms with van der Waals surface area (Å²) in [4.78, 5) is 12.5. The molecule has 5 N–H and O–H groups in total. The Labute approximate surface area is 252 Å². The van der Waals surface area contributed by atoms with Gasteiger partial charge in [0.2, 0.25) is 0 Å². The quantitative estimate of drug-likeness (QED) is 0.140. The number of ether oxygens (including phenoxy) is 1. The first-order valence-corrected chi connectivity index (χ1v) is 13.9. The molecule has 0 unspecified atom stereocenters. The van der Waals surface area contributed by atoms with E-state index in [-0.39, 0.29) is 11.6 Å². The number of hydrogen-bond acceptors (Lipinski definition) is 5. The van der Waals surface area contributed by atoms with E-state index in [1.165, 1.54) is 30.2 Å². The van der Waals surface area contributed by atoms with Crippen molar-refractivity contribution in [1.82, 2.24) is 0 Å². The highest BCUT2D eigenvalue weighted by Crippen LogP contribution is 2.26. The average Bonchev–Trinajstić information content (AvgIpc) is 2.99. The molecule has 0 atom stereocenters. The molecule has 0 aromatic heterocycles. The van der Waals surface area contributed by atoms with Crippen LogP contribution in [0.4, 0.5) is 24.5 Å². The number of aliphatic imine (C=N–C) groups is 3. The smallest absolute Gasteiger partial charge is 0.406 e. The number of benzene rings is 4. The van der Waals surface area contributed by atoms with Crippen molar-refractivity contribution >= 4 is 46.7 Å². The lowest BCUT2D eigenvalue weighted by atomic mass is 10.1. The first-order valence-electron chi connectivity index (χ1n) is 12.9. The van der Waals surface area contributed by atoms with Crippen molar-refractivity contribution in [3.63, 3.8) is 0 Å². The maximum Gasteiger partial charge on any atom is 0.573 e. The average molecular weight is 605 g/mol. The third-order valence-corrected chi connectivity index (χ3v) is 6.60. The summed E-state index contributed by atoms with van der Waals surface area (Å²) in [7, 11) is 0. The second kappa shape index (κ2) is 15.9. The van der Waals surface area contributed by atoms with Gasteiger partial charge in [0.1, 0.15) is 17.9 Å². The maximum atomic E-state index is 12.0. The highest BCUT2D eigenvalue weighted by molar-refractivity contribution is 8.13. The first-order chi connectivity index (χ1) is 20.5. The molecule has 0 bridgehead atoms. The Kier molecular flexibility index (Phi) is 12.1. The molecule has 0 amide bonds. The van der Waals surface area contributed by atoms with E-state index in [2.05, 4.69) is 57.8 Å². The van der Waals surface area contributed by atoms with Crippen LogP contribution in [0.1, 0.15) is 27.8 Å². The van der Waals surface area contributed by atoms with Crippen molar-refractivity contribution in [2.45, 2.75) is 26.0 Å². The van der Waals surface area contributed by atoms with Crippen molar-refractivity contribution in [2.24, 2.45) is 26.4 Å². The van der Waals surface area contributed by atoms with Gasteiger partial charge in [-0.05, 0) is 60.4 Å². The molecule has 0 aliphatic heterocycles. The molecular formula is C32H31F3N6OS. The summed E-state index contributed by atoms with van der Waals surface area (Å²) in [6.45, 7) is 4.11. The minimum atomic E-state index is -4.73. The number of amidine groups is 2. The van der Waals surface area contributed by atoms with Crippen LogP contribution in [-0.2, 0) is 5.75 Å². The summed E-state index contributed by atoms with van der Waals surface area (Å²) >= 11 is 1.57. The zero-order chi connectivity index (χ0) is 31.2. The molecule has 0 spiro atoms. The molecule has 0 heterocycles. The molecule has 0 saturated carbocycles. The molecule has 4 aromatic carbocycles. The van der Waals surface area contributed by atoms with Crippen LogP contribution in [0.15, 0.2) is 112 Å². The highest BCUT2D eigenvalue weighted by Gasteiger charge is 2.30. The summed E-state index contributed by atoms with van der Waals surface area (Å²) in [5, 5.41) is 7.72. The number of hydrogen-bond donors (Lipinski definition) is 3. The summed E-state index contributed by atoms with van der Waals surface area (Å²) in [5.41, 5.74) is 18.2. The molecule has 43 heavy (non-hydrogen) atoms. The van der Waals surface area contributed by atoms with E-state index in [1.807, 2.05) is 24.3 Å². The van der Waals surface area contributed by atoms with E-state index in [1.54, 1.807) is 36.0 Å². The molecule has 0 aliphatic rings. The fraction of sp³-hybridized carbons (Fsp3) is 0.125. The fourth-order valence-electron chi connectivity index (χ4n) is 3.57. The van der Waals surface area contributed by atoms with Crippen LogP contribution < -0.4 is 16.2 Å². The molecule has 4 aromatic rings. The number of nitrogens with two attached hydrogens (primary N) is 2. The van der Waals surface area contributed by atoms with E-state index in [9.17, 15) is 13.2 Å². The number of para-hydroxylation sites is 1. The van der Waals surface area contributed by atoms with Crippen molar-refractivity contribution in [3.8, 4) is 5.75 Å². The van der Waals surface area contributed by atoms with Crippen molar-refractivity contribution < 1.29 is 17.9 Å². The largest absolute Gasteiger partial charge is 0.573 e. The zero-order valence-corrected chi connectivity index (χ0v) is 24.4. The molecule has 0 saturated heterocycles. The van der Waals surface area contributed by atoms with Crippen LogP contribution in [0.25, 0.3) is 0 Å². The van der Waals surface area contributed by atoms with E-state index in [0.717, 1.165) is 40.3 Å². The summed E-state index contributed by atoms with van der Waals surface area (Å²) in [5.74, 6) is 0.754. The number of alkyl halides is 3. The SMILES string of the molecule is Cc1cccc(C)c1N=C(N)SCc1ccccc1.N=Cc1ccc(C(N)=NC=Nc2ccc(OC(F)(F)F)cc2)cc1. The molecule has 11 heteroatoms. The first kappa shape index (κ1) is 32.6. The molecule has 0 radical (unpaired) electrons. The summed E-state index contributed by atoms with van der Waals surface area (Å²) < 4.78 is 39.9. The van der Waals surface area contributed by atoms with E-state index in [4.69, 9.17) is 16.9 Å². The Balaban J connectivity index is 0.000000242. The predicted octanol–water partition coefficient (Wildman–Crippen LogP) is 7.83. The van der Waals surface area contributed by atoms with Gasteiger partial charge in [-0.15, -0.1) is 13.2 Å². The second-order valence-corrected chi connectivity index (χ2v) is 10.0. The molecular weight excluding hydrogens is 573 g/mol. The topological polar surface area (TPSA) is 122 Å². The zero-order valence-electron chi connectivity index (χ0n) is 23.5. The number of halogens is 3. The number of aryl methyl sites for hydroxylation is 2. The normalized spacial score (nSPS) is 12.0. The Morgan fingerprint density at radius 1 is 0.860 bits per heavy atom. The Bertz CT molecular complexity index is 1550. The van der Waals surface area contributed by atoms with Gasteiger partial charge in [-0.25, -0.2) is 15.0 Å². The van der Waals surface area contributed by atoms with Crippen LogP contribution in [0.5, 0.6) is 5.75 Å². The van der Waals surface area contributed by atoms with Gasteiger partial charge in [0.05, 0.1) is 11.4 Å². The van der Waals surface area contributed by atoms with Crippen molar-refractivity contribution in [2.75, 3.05) is 0 Å². The minimum Gasteiger partial charge on any atom is -0.406 e. The maximum absolute atomic E-state index is 12.0. The molecule has 4 rings (SSSR count). The van der Waals surface area contributed by atoms with E-state index < -0.39 is 6.36 Å². The van der Waals surface area contributed by atoms with Gasteiger partial charge in [-0.1, -0.05) is 84.6 Å². The fourth-order valence-corrected chi connectivity index (χ4v) is 4.24. The van der Waals surface area contributed by atoms with Crippen molar-refractivity contribution in [1.29, 1.82) is 5.41 Å². The van der Waals surface area contributed by atoms with Crippen LogP contribution in [0.3, 0.4) is 0 Å². The van der Waals surface area contributed by atoms with Gasteiger partial charge in [-0.2, -0.15) is 0 Å². The molecule has 0 fully saturated rings. The van der Waals surface area contributed by atoms with E-state index >= 15 is 0 Å². The lowest BCUT2D eigenvalue weighted by Gasteiger charge is -2.08. The number of rotatable bonds is 8. The van der Waals surface area contributed by atoms with Crippen LogP contribution in [-0.4, -0.2) is 29.9 Å². The minimum absolute atomic E-state index is 0.229. The van der Waals surface area contributed by atoms with Crippen molar-refractivity contribution in [3.05, 3.63) is 125 Å². The highest BCUT2D eigenvalue weighted by atomic mass is 32.2. The van der Waals surface area contributed by atoms with Gasteiger partial charge in [-0.3, -0.25) is 0 Å². The standard InChI is InChI=1S/C16H13F3N4O.C16H18N2S/c17-16(18,19)24-14-7-5-13(6-8-14)22-10-23-15(21)12-3-1-11(9-20)2-4-12;1-12-7-6-8-13(2)15(12)18-16(17)19-11-14-9-4-3-5-10-14/h1-10,20H,(H2,21,22,23);3-10H,11H2,1-2H3,(H2,17,18). The Morgan fingerprint density at radius 2 is 1.49 bits per heavy atom. The number of thioether (sulfide) groups is 1. The Morgan fingerprint density at radius 3 is 2.07 bits per heavy atom. The molecule has 7 nitrogen and oxygen atoms in total. The Hall–Kier alpha value is -4.90. The van der Waals surface area contributed by atoms with Gasteiger partial charge in [0.15, 0.2) is 5.17 Å². The second-order valence-electron chi connectivity index (χ2n) is 9.03. The van der Waals surface area contributed by atoms with E-state index in [0.29, 0.717) is 16.4 Å². The van der Waals surface area contributed by atoms with Crippen LogP contribution in [0.2, 0.25) is 0 Å². The van der Waals surface area contributed by atoms with Gasteiger partial charge >= 0.3 is 6.36 Å². The number of nitrogens with one attached hydrogen (secondary N) is 1. The summed E-state index contributed by atoms with van der Waals surface area (Å²) in [6.07, 6.45) is -2.30. The lowest BCUT2D eigenvalue weighted by Crippen LogP contribution is -2.16. The number of nitrogens with zero attached hydrogens (tertiary/aromatic N) is 3.